The maximum atomic E-state index is 5.90. The van der Waals surface area contributed by atoms with Crippen molar-refractivity contribution in [1.82, 2.24) is 14.5 Å². The lowest BCUT2D eigenvalue weighted by molar-refractivity contribution is 0.414. The van der Waals surface area contributed by atoms with Gasteiger partial charge in [0.15, 0.2) is 5.65 Å². The fourth-order valence-electron chi connectivity index (χ4n) is 2.37. The molecule has 0 atom stereocenters. The molecule has 0 saturated carbocycles. The number of imidazole rings is 1. The van der Waals surface area contributed by atoms with E-state index >= 15 is 0 Å². The second-order valence-corrected chi connectivity index (χ2v) is 5.10. The minimum Gasteiger partial charge on any atom is -0.497 e. The van der Waals surface area contributed by atoms with Crippen molar-refractivity contribution in [3.05, 3.63) is 47.4 Å². The largest absolute Gasteiger partial charge is 0.497 e. The highest BCUT2D eigenvalue weighted by molar-refractivity contribution is 5.76. The van der Waals surface area contributed by atoms with Crippen molar-refractivity contribution < 1.29 is 4.74 Å². The van der Waals surface area contributed by atoms with E-state index in [0.29, 0.717) is 5.69 Å². The van der Waals surface area contributed by atoms with Crippen LogP contribution >= 0.6 is 0 Å². The molecule has 3 aromatic rings. The molecule has 0 bridgehead atoms. The number of benzene rings is 1. The van der Waals surface area contributed by atoms with Crippen molar-refractivity contribution in [1.29, 1.82) is 0 Å². The monoisotopic (exact) mass is 282 g/mol. The summed E-state index contributed by atoms with van der Waals surface area (Å²) in [7, 11) is 1.67. The highest BCUT2D eigenvalue weighted by atomic mass is 16.5. The van der Waals surface area contributed by atoms with Crippen molar-refractivity contribution in [2.45, 2.75) is 20.4 Å². The Morgan fingerprint density at radius 3 is 2.52 bits per heavy atom. The van der Waals surface area contributed by atoms with E-state index in [1.54, 1.807) is 7.11 Å². The summed E-state index contributed by atoms with van der Waals surface area (Å²) in [6, 6.07) is 9.90. The molecule has 21 heavy (non-hydrogen) atoms. The van der Waals surface area contributed by atoms with Crippen LogP contribution in [-0.4, -0.2) is 21.6 Å². The molecule has 5 nitrogen and oxygen atoms in total. The van der Waals surface area contributed by atoms with Crippen LogP contribution in [0.5, 0.6) is 5.75 Å². The lowest BCUT2D eigenvalue weighted by atomic mass is 10.2. The molecule has 0 aliphatic rings. The Morgan fingerprint density at radius 1 is 1.14 bits per heavy atom. The van der Waals surface area contributed by atoms with Crippen molar-refractivity contribution in [2.75, 3.05) is 12.8 Å². The van der Waals surface area contributed by atoms with Crippen molar-refractivity contribution in [3.63, 3.8) is 0 Å². The zero-order valence-corrected chi connectivity index (χ0v) is 12.4. The van der Waals surface area contributed by atoms with E-state index < -0.39 is 0 Å². The predicted molar refractivity (Wildman–Crippen MR) is 83.5 cm³/mol. The zero-order chi connectivity index (χ0) is 15.0. The van der Waals surface area contributed by atoms with Crippen LogP contribution in [0, 0.1) is 13.8 Å². The second kappa shape index (κ2) is 5.09. The fraction of sp³-hybridized carbons (Fsp3) is 0.250. The number of aryl methyl sites for hydroxylation is 2. The van der Waals surface area contributed by atoms with E-state index in [1.165, 1.54) is 5.56 Å². The second-order valence-electron chi connectivity index (χ2n) is 5.10. The van der Waals surface area contributed by atoms with Crippen LogP contribution in [0.25, 0.3) is 11.2 Å². The third-order valence-corrected chi connectivity index (χ3v) is 3.64. The van der Waals surface area contributed by atoms with E-state index in [1.807, 2.05) is 44.2 Å². The first-order chi connectivity index (χ1) is 10.1. The van der Waals surface area contributed by atoms with E-state index in [9.17, 15) is 0 Å². The van der Waals surface area contributed by atoms with Gasteiger partial charge >= 0.3 is 0 Å². The summed E-state index contributed by atoms with van der Waals surface area (Å²) >= 11 is 0. The van der Waals surface area contributed by atoms with Gasteiger partial charge in [0.25, 0.3) is 0 Å². The van der Waals surface area contributed by atoms with Gasteiger partial charge in [-0.25, -0.2) is 9.97 Å². The molecular weight excluding hydrogens is 264 g/mol. The quantitative estimate of drug-likeness (QED) is 0.802. The summed E-state index contributed by atoms with van der Waals surface area (Å²) in [4.78, 5) is 9.12. The normalized spacial score (nSPS) is 11.0. The number of fused-ring (bicyclic) bond motifs is 1. The number of nitrogens with two attached hydrogens (primary N) is 1. The predicted octanol–water partition coefficient (Wildman–Crippen LogP) is 2.69. The van der Waals surface area contributed by atoms with E-state index in [-0.39, 0.29) is 0 Å². The Labute approximate surface area is 123 Å². The summed E-state index contributed by atoms with van der Waals surface area (Å²) in [5, 5.41) is 0. The average molecular weight is 282 g/mol. The number of nitrogens with zero attached hydrogens (tertiary/aromatic N) is 3. The molecule has 0 unspecified atom stereocenters. The Hall–Kier alpha value is -2.56. The number of hydrogen-bond donors (Lipinski definition) is 1. The molecule has 0 spiro atoms. The Bertz CT molecular complexity index is 790. The maximum absolute atomic E-state index is 5.90. The molecule has 2 aromatic heterocycles. The first-order valence-corrected chi connectivity index (χ1v) is 6.81. The SMILES string of the molecule is COc1ccc(Cn2c(C)nc3cc(N)c(C)nc32)cc1. The van der Waals surface area contributed by atoms with E-state index in [2.05, 4.69) is 14.5 Å². The number of methoxy groups -OCH3 is 1. The zero-order valence-electron chi connectivity index (χ0n) is 12.4. The minimum atomic E-state index is 0.677. The number of rotatable bonds is 3. The molecule has 3 rings (SSSR count). The third kappa shape index (κ3) is 2.42. The van der Waals surface area contributed by atoms with Gasteiger partial charge in [-0.3, -0.25) is 0 Å². The highest BCUT2D eigenvalue weighted by Gasteiger charge is 2.11. The maximum Gasteiger partial charge on any atom is 0.160 e. The molecule has 2 N–H and O–H groups in total. The van der Waals surface area contributed by atoms with Crippen molar-refractivity contribution >= 4 is 16.9 Å². The highest BCUT2D eigenvalue weighted by Crippen LogP contribution is 2.21. The Kier molecular flexibility index (Phi) is 3.25. The summed E-state index contributed by atoms with van der Waals surface area (Å²) < 4.78 is 7.28. The topological polar surface area (TPSA) is 66.0 Å². The van der Waals surface area contributed by atoms with Crippen LogP contribution in [0.15, 0.2) is 30.3 Å². The molecule has 2 heterocycles. The first kappa shape index (κ1) is 13.4. The molecule has 0 saturated heterocycles. The van der Waals surface area contributed by atoms with Gasteiger partial charge < -0.3 is 15.0 Å². The van der Waals surface area contributed by atoms with Crippen LogP contribution in [0.1, 0.15) is 17.1 Å². The molecule has 5 heteroatoms. The van der Waals surface area contributed by atoms with Crippen molar-refractivity contribution in [2.24, 2.45) is 0 Å². The van der Waals surface area contributed by atoms with Crippen LogP contribution in [-0.2, 0) is 6.54 Å². The molecule has 1 aromatic carbocycles. The Balaban J connectivity index is 2.03. The molecule has 0 aliphatic carbocycles. The summed E-state index contributed by atoms with van der Waals surface area (Å²) in [6.07, 6.45) is 0. The van der Waals surface area contributed by atoms with E-state index in [0.717, 1.165) is 35.0 Å². The van der Waals surface area contributed by atoms with Gasteiger partial charge in [0, 0.05) is 0 Å². The smallest absolute Gasteiger partial charge is 0.160 e. The standard InChI is InChI=1S/C16H18N4O/c1-10-14(17)8-15-16(18-10)20(11(2)19-15)9-12-4-6-13(21-3)7-5-12/h4-8H,9,17H2,1-3H3. The lowest BCUT2D eigenvalue weighted by Crippen LogP contribution is -2.04. The molecule has 0 amide bonds. The molecular formula is C16H18N4O. The third-order valence-electron chi connectivity index (χ3n) is 3.64. The summed E-state index contributed by atoms with van der Waals surface area (Å²) in [6.45, 7) is 4.62. The average Bonchev–Trinajstić information content (AvgIpc) is 2.76. The number of aromatic nitrogens is 3. The van der Waals surface area contributed by atoms with E-state index in [4.69, 9.17) is 10.5 Å². The number of ether oxygens (including phenoxy) is 1. The molecule has 0 fully saturated rings. The van der Waals surface area contributed by atoms with Crippen LogP contribution in [0.2, 0.25) is 0 Å². The number of pyridine rings is 1. The first-order valence-electron chi connectivity index (χ1n) is 6.81. The Morgan fingerprint density at radius 2 is 1.86 bits per heavy atom. The number of anilines is 1. The van der Waals surface area contributed by atoms with Gasteiger partial charge in [-0.05, 0) is 37.6 Å². The van der Waals surface area contributed by atoms with Crippen molar-refractivity contribution in [3.8, 4) is 5.75 Å². The molecule has 0 aliphatic heterocycles. The van der Waals surface area contributed by atoms with Gasteiger partial charge in [-0.15, -0.1) is 0 Å². The van der Waals surface area contributed by atoms with Gasteiger partial charge in [-0.2, -0.15) is 0 Å². The molecule has 0 radical (unpaired) electrons. The van der Waals surface area contributed by atoms with Gasteiger partial charge in [0.1, 0.15) is 17.1 Å². The summed E-state index contributed by atoms with van der Waals surface area (Å²) in [5.41, 5.74) is 10.3. The fourth-order valence-corrected chi connectivity index (χ4v) is 2.37. The van der Waals surface area contributed by atoms with Gasteiger partial charge in [0.05, 0.1) is 25.0 Å². The minimum absolute atomic E-state index is 0.677. The molecule has 108 valence electrons. The van der Waals surface area contributed by atoms with Gasteiger partial charge in [-0.1, -0.05) is 12.1 Å². The van der Waals surface area contributed by atoms with Gasteiger partial charge in [0.2, 0.25) is 0 Å². The van der Waals surface area contributed by atoms with Crippen LogP contribution in [0.4, 0.5) is 5.69 Å². The van der Waals surface area contributed by atoms with Crippen LogP contribution in [0.3, 0.4) is 0 Å². The lowest BCUT2D eigenvalue weighted by Gasteiger charge is -2.08. The number of nitrogen functional groups attached to an aromatic ring is 1. The van der Waals surface area contributed by atoms with Crippen LogP contribution < -0.4 is 10.5 Å². The summed E-state index contributed by atoms with van der Waals surface area (Å²) in [5.74, 6) is 1.78. The number of hydrogen-bond acceptors (Lipinski definition) is 4.